The minimum atomic E-state index is -0.561. The summed E-state index contributed by atoms with van der Waals surface area (Å²) in [5, 5.41) is 14.2. The minimum absolute atomic E-state index is 0.164. The number of ether oxygens (including phenoxy) is 1. The van der Waals surface area contributed by atoms with Crippen LogP contribution >= 0.6 is 0 Å². The largest absolute Gasteiger partial charge is 0.508 e. The summed E-state index contributed by atoms with van der Waals surface area (Å²) in [6, 6.07) is 6.35. The van der Waals surface area contributed by atoms with Gasteiger partial charge in [0.25, 0.3) is 0 Å². The Hall–Kier alpha value is -2.24. The van der Waals surface area contributed by atoms with Crippen molar-refractivity contribution in [3.8, 4) is 5.75 Å². The first-order valence-electron chi connectivity index (χ1n) is 6.78. The number of hydrogen-bond donors (Lipinski definition) is 3. The Bertz CT molecular complexity index is 477. The second-order valence-electron chi connectivity index (χ2n) is 5.61. The average Bonchev–Trinajstić information content (AvgIpc) is 2.37. The highest BCUT2D eigenvalue weighted by Crippen LogP contribution is 2.09. The van der Waals surface area contributed by atoms with Crippen LogP contribution in [0.4, 0.5) is 4.79 Å². The summed E-state index contributed by atoms with van der Waals surface area (Å²) >= 11 is 0. The number of urea groups is 1. The van der Waals surface area contributed by atoms with Crippen LogP contribution in [0, 0.1) is 0 Å². The van der Waals surface area contributed by atoms with Gasteiger partial charge in [-0.1, -0.05) is 12.1 Å². The van der Waals surface area contributed by atoms with Crippen LogP contribution in [0.5, 0.6) is 5.75 Å². The summed E-state index contributed by atoms with van der Waals surface area (Å²) in [5.74, 6) is -0.266. The number of hydrogen-bond acceptors (Lipinski definition) is 4. The van der Waals surface area contributed by atoms with Crippen molar-refractivity contribution in [2.45, 2.75) is 32.8 Å². The highest BCUT2D eigenvalue weighted by Gasteiger charge is 2.16. The zero-order valence-corrected chi connectivity index (χ0v) is 12.6. The van der Waals surface area contributed by atoms with E-state index in [4.69, 9.17) is 9.84 Å². The number of phenols is 1. The van der Waals surface area contributed by atoms with Gasteiger partial charge in [0.1, 0.15) is 17.9 Å². The Morgan fingerprint density at radius 2 is 1.76 bits per heavy atom. The highest BCUT2D eigenvalue weighted by molar-refractivity contribution is 5.80. The molecule has 0 aliphatic carbocycles. The fraction of sp³-hybridized carbons (Fsp3) is 0.467. The molecule has 0 aliphatic rings. The van der Waals surface area contributed by atoms with Crippen molar-refractivity contribution < 1.29 is 19.4 Å². The first-order chi connectivity index (χ1) is 9.76. The summed E-state index contributed by atoms with van der Waals surface area (Å²) in [6.45, 7) is 5.57. The molecule has 1 aromatic carbocycles. The molecule has 0 fully saturated rings. The fourth-order valence-electron chi connectivity index (χ4n) is 1.58. The molecule has 116 valence electrons. The number of rotatable bonds is 5. The second-order valence-corrected chi connectivity index (χ2v) is 5.61. The van der Waals surface area contributed by atoms with E-state index >= 15 is 0 Å². The van der Waals surface area contributed by atoms with Gasteiger partial charge in [-0.15, -0.1) is 0 Å². The molecule has 0 aromatic heterocycles. The summed E-state index contributed by atoms with van der Waals surface area (Å²) in [4.78, 5) is 22.9. The van der Waals surface area contributed by atoms with E-state index in [1.165, 1.54) is 0 Å². The third-order valence-corrected chi connectivity index (χ3v) is 2.45. The van der Waals surface area contributed by atoms with Crippen molar-refractivity contribution in [3.05, 3.63) is 29.8 Å². The lowest BCUT2D eigenvalue weighted by molar-refractivity contribution is -0.153. The molecule has 0 bridgehead atoms. The smallest absolute Gasteiger partial charge is 0.325 e. The molecule has 0 saturated heterocycles. The minimum Gasteiger partial charge on any atom is -0.508 e. The van der Waals surface area contributed by atoms with Crippen LogP contribution in [0.1, 0.15) is 26.3 Å². The Morgan fingerprint density at radius 3 is 2.33 bits per heavy atom. The average molecular weight is 294 g/mol. The van der Waals surface area contributed by atoms with E-state index in [0.717, 1.165) is 5.56 Å². The molecule has 21 heavy (non-hydrogen) atoms. The molecule has 6 heteroatoms. The lowest BCUT2D eigenvalue weighted by Crippen LogP contribution is -2.41. The Morgan fingerprint density at radius 1 is 1.14 bits per heavy atom. The summed E-state index contributed by atoms with van der Waals surface area (Å²) in [5.41, 5.74) is 0.439. The number of amides is 2. The van der Waals surface area contributed by atoms with E-state index in [2.05, 4.69) is 10.6 Å². The summed E-state index contributed by atoms with van der Waals surface area (Å²) in [7, 11) is 0. The van der Waals surface area contributed by atoms with Crippen LogP contribution in [-0.2, 0) is 16.0 Å². The van der Waals surface area contributed by atoms with E-state index in [9.17, 15) is 9.59 Å². The highest BCUT2D eigenvalue weighted by atomic mass is 16.6. The maximum atomic E-state index is 11.5. The van der Waals surface area contributed by atoms with Gasteiger partial charge in [-0.25, -0.2) is 4.79 Å². The first-order valence-corrected chi connectivity index (χ1v) is 6.78. The van der Waals surface area contributed by atoms with Crippen LogP contribution < -0.4 is 10.6 Å². The zero-order valence-electron chi connectivity index (χ0n) is 12.6. The maximum Gasteiger partial charge on any atom is 0.325 e. The molecule has 6 nitrogen and oxygen atoms in total. The molecule has 1 aromatic rings. The summed E-state index contributed by atoms with van der Waals surface area (Å²) < 4.78 is 5.07. The quantitative estimate of drug-likeness (QED) is 0.719. The second kappa shape index (κ2) is 7.52. The number of benzene rings is 1. The van der Waals surface area contributed by atoms with Gasteiger partial charge < -0.3 is 20.5 Å². The van der Waals surface area contributed by atoms with Crippen molar-refractivity contribution in [2.24, 2.45) is 0 Å². The molecule has 0 saturated carbocycles. The van der Waals surface area contributed by atoms with Gasteiger partial charge in [-0.2, -0.15) is 0 Å². The van der Waals surface area contributed by atoms with Crippen molar-refractivity contribution in [1.82, 2.24) is 10.6 Å². The topological polar surface area (TPSA) is 87.7 Å². The zero-order chi connectivity index (χ0) is 15.9. The van der Waals surface area contributed by atoms with Gasteiger partial charge in [0, 0.05) is 6.54 Å². The molecule has 0 spiro atoms. The van der Waals surface area contributed by atoms with Crippen LogP contribution in [0.3, 0.4) is 0 Å². The van der Waals surface area contributed by atoms with Crippen LogP contribution in [0.2, 0.25) is 0 Å². The molecule has 3 N–H and O–H groups in total. The third kappa shape index (κ3) is 7.81. The fourth-order valence-corrected chi connectivity index (χ4v) is 1.58. The molecule has 1 rings (SSSR count). The lowest BCUT2D eigenvalue weighted by atomic mass is 10.1. The van der Waals surface area contributed by atoms with Gasteiger partial charge in [0.15, 0.2) is 0 Å². The molecular formula is C15H22N2O4. The predicted molar refractivity (Wildman–Crippen MR) is 79.1 cm³/mol. The van der Waals surface area contributed by atoms with E-state index < -0.39 is 17.6 Å². The third-order valence-electron chi connectivity index (χ3n) is 2.45. The number of carbonyl (C=O) groups excluding carboxylic acids is 2. The molecule has 2 amide bonds. The van der Waals surface area contributed by atoms with Gasteiger partial charge in [0.2, 0.25) is 0 Å². The predicted octanol–water partition coefficient (Wildman–Crippen LogP) is 1.58. The normalized spacial score (nSPS) is 10.8. The standard InChI is InChI=1S/C15H22N2O4/c1-15(2,3)21-13(19)10-17-14(20)16-9-8-11-4-6-12(18)7-5-11/h4-7,18H,8-10H2,1-3H3,(H2,16,17,20). The van der Waals surface area contributed by atoms with Crippen molar-refractivity contribution in [1.29, 1.82) is 0 Å². The van der Waals surface area contributed by atoms with Crippen LogP contribution in [0.25, 0.3) is 0 Å². The number of aromatic hydroxyl groups is 1. The Balaban J connectivity index is 2.19. The van der Waals surface area contributed by atoms with Gasteiger partial charge in [-0.05, 0) is 44.9 Å². The maximum absolute atomic E-state index is 11.5. The monoisotopic (exact) mass is 294 g/mol. The molecule has 0 atom stereocenters. The molecule has 0 aliphatic heterocycles. The number of phenolic OH excluding ortho intramolecular Hbond substituents is 1. The molecule has 0 radical (unpaired) electrons. The van der Waals surface area contributed by atoms with Crippen molar-refractivity contribution in [3.63, 3.8) is 0 Å². The molecule has 0 unspecified atom stereocenters. The number of esters is 1. The van der Waals surface area contributed by atoms with E-state index in [0.29, 0.717) is 13.0 Å². The van der Waals surface area contributed by atoms with Crippen molar-refractivity contribution >= 4 is 12.0 Å². The number of nitrogens with one attached hydrogen (secondary N) is 2. The lowest BCUT2D eigenvalue weighted by Gasteiger charge is -2.19. The Labute approximate surface area is 124 Å². The molecular weight excluding hydrogens is 272 g/mol. The van der Waals surface area contributed by atoms with Gasteiger partial charge in [-0.3, -0.25) is 4.79 Å². The van der Waals surface area contributed by atoms with Crippen molar-refractivity contribution in [2.75, 3.05) is 13.1 Å². The van der Waals surface area contributed by atoms with Crippen LogP contribution in [-0.4, -0.2) is 35.8 Å². The van der Waals surface area contributed by atoms with Crippen LogP contribution in [0.15, 0.2) is 24.3 Å². The number of carbonyl (C=O) groups is 2. The van der Waals surface area contributed by atoms with E-state index in [1.54, 1.807) is 45.0 Å². The van der Waals surface area contributed by atoms with E-state index in [1.807, 2.05) is 0 Å². The molecule has 0 heterocycles. The van der Waals surface area contributed by atoms with Gasteiger partial charge in [0.05, 0.1) is 0 Å². The van der Waals surface area contributed by atoms with Gasteiger partial charge >= 0.3 is 12.0 Å². The first kappa shape index (κ1) is 16.8. The Kier molecular flexibility index (Phi) is 6.02. The van der Waals surface area contributed by atoms with E-state index in [-0.39, 0.29) is 12.3 Å². The summed E-state index contributed by atoms with van der Waals surface area (Å²) in [6.07, 6.45) is 0.639. The SMILES string of the molecule is CC(C)(C)OC(=O)CNC(=O)NCCc1ccc(O)cc1.